The highest BCUT2D eigenvalue weighted by atomic mass is 16.4. The van der Waals surface area contributed by atoms with Crippen LogP contribution in [-0.2, 0) is 4.79 Å². The van der Waals surface area contributed by atoms with Gasteiger partial charge in [-0.25, -0.2) is 0 Å². The van der Waals surface area contributed by atoms with Crippen LogP contribution >= 0.6 is 0 Å². The molecule has 1 fully saturated rings. The maximum absolute atomic E-state index is 11.5. The molecule has 1 rings (SSSR count). The second-order valence-electron chi connectivity index (χ2n) is 3.95. The lowest BCUT2D eigenvalue weighted by Crippen LogP contribution is -2.69. The molecule has 0 bridgehead atoms. The Morgan fingerprint density at radius 3 is 2.25 bits per heavy atom. The highest BCUT2D eigenvalue weighted by Crippen LogP contribution is 2.23. The minimum absolute atomic E-state index is 0.408. The van der Waals surface area contributed by atoms with Crippen molar-refractivity contribution in [3.8, 4) is 0 Å². The van der Waals surface area contributed by atoms with Crippen molar-refractivity contribution in [3.63, 3.8) is 0 Å². The van der Waals surface area contributed by atoms with Gasteiger partial charge in [-0.15, -0.1) is 0 Å². The molecule has 5 N–H and O–H groups in total. The van der Waals surface area contributed by atoms with E-state index in [-0.39, 0.29) is 0 Å². The van der Waals surface area contributed by atoms with Crippen LogP contribution in [0.15, 0.2) is 0 Å². The molecule has 0 aliphatic carbocycles. The third kappa shape index (κ3) is 2.04. The Balaban J connectivity index is 2.95. The summed E-state index contributed by atoms with van der Waals surface area (Å²) in [6.07, 6.45) is -4.12. The van der Waals surface area contributed by atoms with Crippen molar-refractivity contribution < 1.29 is 25.2 Å². The number of nitrogens with one attached hydrogen (secondary N) is 1. The fraction of sp³-hybridized carbons (Fsp3) is 0.889. The van der Waals surface area contributed by atoms with Crippen molar-refractivity contribution in [1.82, 2.24) is 10.2 Å². The standard InChI is InChI=1S/C9H18N2O5/c1-10-9(16)5-7(14)8(15)6(13)4(3-12)11(5)2/h4-8,12-15H,3H2,1-2H3,(H,10,16)/t4-,5+,6-,7-,8+/m1/s1. The summed E-state index contributed by atoms with van der Waals surface area (Å²) in [5.74, 6) is -0.473. The largest absolute Gasteiger partial charge is 0.395 e. The molecule has 5 atom stereocenters. The van der Waals surface area contributed by atoms with Gasteiger partial charge in [0.05, 0.1) is 12.6 Å². The van der Waals surface area contributed by atoms with E-state index in [1.54, 1.807) is 0 Å². The Kier molecular flexibility index (Phi) is 4.22. The van der Waals surface area contributed by atoms with Crippen LogP contribution in [0.2, 0.25) is 0 Å². The highest BCUT2D eigenvalue weighted by Gasteiger charge is 2.48. The topological polar surface area (TPSA) is 113 Å². The third-order valence-corrected chi connectivity index (χ3v) is 3.08. The molecule has 94 valence electrons. The van der Waals surface area contributed by atoms with Crippen LogP contribution in [0.25, 0.3) is 0 Å². The predicted molar refractivity (Wildman–Crippen MR) is 54.5 cm³/mol. The summed E-state index contributed by atoms with van der Waals surface area (Å²) >= 11 is 0. The molecule has 1 aliphatic heterocycles. The van der Waals surface area contributed by atoms with Gasteiger partial charge in [-0.2, -0.15) is 0 Å². The number of piperidine rings is 1. The highest BCUT2D eigenvalue weighted by molar-refractivity contribution is 5.82. The van der Waals surface area contributed by atoms with Crippen LogP contribution in [0.1, 0.15) is 0 Å². The first kappa shape index (κ1) is 13.3. The first-order valence-electron chi connectivity index (χ1n) is 5.04. The predicted octanol–water partition coefficient (Wildman–Crippen LogP) is -3.51. The number of nitrogens with zero attached hydrogens (tertiary/aromatic N) is 1. The van der Waals surface area contributed by atoms with Gasteiger partial charge in [-0.3, -0.25) is 9.69 Å². The van der Waals surface area contributed by atoms with E-state index in [9.17, 15) is 20.1 Å². The number of amides is 1. The second kappa shape index (κ2) is 5.07. The smallest absolute Gasteiger partial charge is 0.239 e. The molecule has 1 aliphatic rings. The van der Waals surface area contributed by atoms with Gasteiger partial charge in [0.1, 0.15) is 24.4 Å². The molecular weight excluding hydrogens is 216 g/mol. The summed E-state index contributed by atoms with van der Waals surface area (Å²) in [6, 6.07) is -1.76. The summed E-state index contributed by atoms with van der Waals surface area (Å²) in [6.45, 7) is -0.408. The number of rotatable bonds is 2. The van der Waals surface area contributed by atoms with Gasteiger partial charge in [0.25, 0.3) is 0 Å². The normalized spacial score (nSPS) is 40.8. The van der Waals surface area contributed by atoms with Crippen LogP contribution in [-0.4, -0.2) is 82.3 Å². The zero-order valence-electron chi connectivity index (χ0n) is 9.24. The number of carbonyl (C=O) groups is 1. The fourth-order valence-corrected chi connectivity index (χ4v) is 2.03. The average molecular weight is 234 g/mol. The van der Waals surface area contributed by atoms with Crippen molar-refractivity contribution in [2.45, 2.75) is 30.4 Å². The van der Waals surface area contributed by atoms with Gasteiger partial charge < -0.3 is 25.7 Å². The van der Waals surface area contributed by atoms with Crippen LogP contribution in [0, 0.1) is 0 Å². The number of hydrogen-bond donors (Lipinski definition) is 5. The Hall–Kier alpha value is -0.730. The number of hydrogen-bond acceptors (Lipinski definition) is 6. The zero-order chi connectivity index (χ0) is 12.5. The summed E-state index contributed by atoms with van der Waals surface area (Å²) in [5.41, 5.74) is 0. The summed E-state index contributed by atoms with van der Waals surface area (Å²) in [5, 5.41) is 40.3. The van der Waals surface area contributed by atoms with E-state index >= 15 is 0 Å². The quantitative estimate of drug-likeness (QED) is 0.339. The molecule has 7 heteroatoms. The minimum atomic E-state index is -1.45. The van der Waals surface area contributed by atoms with Crippen molar-refractivity contribution in [2.24, 2.45) is 0 Å². The molecule has 0 saturated carbocycles. The van der Waals surface area contributed by atoms with E-state index in [1.807, 2.05) is 0 Å². The first-order chi connectivity index (χ1) is 7.45. The molecule has 0 radical (unpaired) electrons. The van der Waals surface area contributed by atoms with E-state index < -0.39 is 42.9 Å². The van der Waals surface area contributed by atoms with Crippen LogP contribution in [0.5, 0.6) is 0 Å². The minimum Gasteiger partial charge on any atom is -0.395 e. The summed E-state index contributed by atoms with van der Waals surface area (Å²) < 4.78 is 0. The third-order valence-electron chi connectivity index (χ3n) is 3.08. The number of aliphatic hydroxyl groups excluding tert-OH is 4. The average Bonchev–Trinajstić information content (AvgIpc) is 2.27. The molecule has 0 spiro atoms. The van der Waals surface area contributed by atoms with Gasteiger partial charge in [0.15, 0.2) is 0 Å². The van der Waals surface area contributed by atoms with Crippen LogP contribution < -0.4 is 5.32 Å². The van der Waals surface area contributed by atoms with E-state index in [0.717, 1.165) is 0 Å². The fourth-order valence-electron chi connectivity index (χ4n) is 2.03. The van der Waals surface area contributed by atoms with Gasteiger partial charge in [0.2, 0.25) is 5.91 Å². The van der Waals surface area contributed by atoms with Gasteiger partial charge >= 0.3 is 0 Å². The van der Waals surface area contributed by atoms with Crippen LogP contribution in [0.3, 0.4) is 0 Å². The zero-order valence-corrected chi connectivity index (χ0v) is 9.24. The molecule has 1 amide bonds. The van der Waals surface area contributed by atoms with E-state index in [4.69, 9.17) is 5.11 Å². The van der Waals surface area contributed by atoms with Crippen molar-refractivity contribution in [3.05, 3.63) is 0 Å². The molecular formula is C9H18N2O5. The van der Waals surface area contributed by atoms with Crippen molar-refractivity contribution in [1.29, 1.82) is 0 Å². The number of likely N-dealkylation sites (N-methyl/N-ethyl adjacent to an activating group) is 2. The maximum Gasteiger partial charge on any atom is 0.239 e. The van der Waals surface area contributed by atoms with Gasteiger partial charge in [-0.05, 0) is 7.05 Å². The Morgan fingerprint density at radius 1 is 1.25 bits per heavy atom. The lowest BCUT2D eigenvalue weighted by molar-refractivity contribution is -0.173. The molecule has 7 nitrogen and oxygen atoms in total. The molecule has 16 heavy (non-hydrogen) atoms. The monoisotopic (exact) mass is 234 g/mol. The molecule has 1 heterocycles. The SMILES string of the molecule is CNC(=O)[C@@H]1[C@@H](O)[C@@H](O)[C@H](O)[C@@H](CO)N1C. The second-order valence-corrected chi connectivity index (χ2v) is 3.95. The lowest BCUT2D eigenvalue weighted by atomic mass is 9.88. The lowest BCUT2D eigenvalue weighted by Gasteiger charge is -2.45. The van der Waals surface area contributed by atoms with Crippen LogP contribution in [0.4, 0.5) is 0 Å². The Bertz CT molecular complexity index is 262. The van der Waals surface area contributed by atoms with Crippen molar-refractivity contribution >= 4 is 5.91 Å². The molecule has 0 aromatic rings. The number of aliphatic hydroxyl groups is 4. The van der Waals surface area contributed by atoms with Crippen molar-refractivity contribution in [2.75, 3.05) is 20.7 Å². The Morgan fingerprint density at radius 2 is 1.81 bits per heavy atom. The van der Waals surface area contributed by atoms with Gasteiger partial charge in [0, 0.05) is 7.05 Å². The molecule has 1 saturated heterocycles. The summed E-state index contributed by atoms with van der Waals surface area (Å²) in [7, 11) is 2.91. The van der Waals surface area contributed by atoms with E-state index in [2.05, 4.69) is 5.32 Å². The van der Waals surface area contributed by atoms with E-state index in [0.29, 0.717) is 0 Å². The molecule has 0 unspecified atom stereocenters. The van der Waals surface area contributed by atoms with E-state index in [1.165, 1.54) is 19.0 Å². The first-order valence-corrected chi connectivity index (χ1v) is 5.04. The summed E-state index contributed by atoms with van der Waals surface area (Å²) in [4.78, 5) is 12.9. The molecule has 0 aromatic heterocycles. The Labute approximate surface area is 93.3 Å². The number of carbonyl (C=O) groups excluding carboxylic acids is 1. The van der Waals surface area contributed by atoms with Gasteiger partial charge in [-0.1, -0.05) is 0 Å². The number of likely N-dealkylation sites (tertiary alicyclic amines) is 1. The maximum atomic E-state index is 11.5. The molecule has 0 aromatic carbocycles.